The first-order valence-electron chi connectivity index (χ1n) is 5.97. The summed E-state index contributed by atoms with van der Waals surface area (Å²) in [5.41, 5.74) is 1.85. The molecule has 3 heterocycles. The predicted molar refractivity (Wildman–Crippen MR) is 70.5 cm³/mol. The Hall–Kier alpha value is -1.79. The summed E-state index contributed by atoms with van der Waals surface area (Å²) in [5.74, 6) is -0.600. The number of aromatic nitrogens is 2. The molecule has 0 aliphatic carbocycles. The molecule has 6 heteroatoms. The van der Waals surface area contributed by atoms with E-state index in [1.54, 1.807) is 6.07 Å². The van der Waals surface area contributed by atoms with Crippen LogP contribution in [-0.2, 0) is 4.74 Å². The van der Waals surface area contributed by atoms with E-state index >= 15 is 0 Å². The highest BCUT2D eigenvalue weighted by Crippen LogP contribution is 2.30. The second-order valence-electron chi connectivity index (χ2n) is 4.37. The summed E-state index contributed by atoms with van der Waals surface area (Å²) in [6.45, 7) is 1.50. The van der Waals surface area contributed by atoms with Crippen molar-refractivity contribution in [1.29, 1.82) is 0 Å². The molecule has 2 aromatic heterocycles. The lowest BCUT2D eigenvalue weighted by atomic mass is 10.1. The Morgan fingerprint density at radius 3 is 3.16 bits per heavy atom. The van der Waals surface area contributed by atoms with Gasteiger partial charge in [-0.2, -0.15) is 0 Å². The van der Waals surface area contributed by atoms with Crippen molar-refractivity contribution in [3.05, 3.63) is 35.0 Å². The number of hydrogen-bond acceptors (Lipinski definition) is 5. The van der Waals surface area contributed by atoms with Crippen LogP contribution < -0.4 is 0 Å². The number of aromatic carboxylic acids is 1. The third-order valence-corrected chi connectivity index (χ3v) is 3.98. The highest BCUT2D eigenvalue weighted by molar-refractivity contribution is 7.13. The summed E-state index contributed by atoms with van der Waals surface area (Å²) < 4.78 is 5.35. The minimum absolute atomic E-state index is 0.228. The third-order valence-electron chi connectivity index (χ3n) is 3.10. The van der Waals surface area contributed by atoms with Crippen LogP contribution in [0, 0.1) is 0 Å². The van der Waals surface area contributed by atoms with Crippen molar-refractivity contribution in [1.82, 2.24) is 9.97 Å². The normalized spacial score (nSPS) is 18.6. The van der Waals surface area contributed by atoms with E-state index in [4.69, 9.17) is 9.84 Å². The van der Waals surface area contributed by atoms with Gasteiger partial charge in [0, 0.05) is 24.1 Å². The first-order valence-corrected chi connectivity index (χ1v) is 6.85. The monoisotopic (exact) mass is 276 g/mol. The molecule has 0 bridgehead atoms. The van der Waals surface area contributed by atoms with Gasteiger partial charge < -0.3 is 9.84 Å². The smallest absolute Gasteiger partial charge is 0.335 e. The van der Waals surface area contributed by atoms with Crippen LogP contribution in [0.25, 0.3) is 10.7 Å². The zero-order valence-corrected chi connectivity index (χ0v) is 10.9. The lowest BCUT2D eigenvalue weighted by molar-refractivity contribution is 0.0697. The van der Waals surface area contributed by atoms with Crippen molar-refractivity contribution in [3.63, 3.8) is 0 Å². The van der Waals surface area contributed by atoms with E-state index in [-0.39, 0.29) is 5.56 Å². The maximum Gasteiger partial charge on any atom is 0.335 e. The van der Waals surface area contributed by atoms with E-state index in [1.165, 1.54) is 23.6 Å². The fourth-order valence-electron chi connectivity index (χ4n) is 2.04. The van der Waals surface area contributed by atoms with Crippen molar-refractivity contribution in [2.75, 3.05) is 13.2 Å². The molecule has 1 saturated heterocycles. The zero-order chi connectivity index (χ0) is 13.2. The molecule has 19 heavy (non-hydrogen) atoms. The summed E-state index contributed by atoms with van der Waals surface area (Å²) in [6.07, 6.45) is 2.49. The van der Waals surface area contributed by atoms with E-state index in [2.05, 4.69) is 9.97 Å². The highest BCUT2D eigenvalue weighted by Gasteiger charge is 2.21. The van der Waals surface area contributed by atoms with Crippen molar-refractivity contribution < 1.29 is 14.6 Å². The van der Waals surface area contributed by atoms with Crippen LogP contribution >= 0.6 is 11.3 Å². The van der Waals surface area contributed by atoms with Gasteiger partial charge in [0.25, 0.3) is 0 Å². The summed E-state index contributed by atoms with van der Waals surface area (Å²) in [4.78, 5) is 19.7. The van der Waals surface area contributed by atoms with Crippen molar-refractivity contribution in [2.24, 2.45) is 0 Å². The fraction of sp³-hybridized carbons (Fsp3) is 0.308. The van der Waals surface area contributed by atoms with E-state index < -0.39 is 5.97 Å². The highest BCUT2D eigenvalue weighted by atomic mass is 32.1. The Balaban J connectivity index is 1.89. The van der Waals surface area contributed by atoms with Crippen LogP contribution in [-0.4, -0.2) is 34.3 Å². The van der Waals surface area contributed by atoms with Crippen molar-refractivity contribution in [2.45, 2.75) is 12.3 Å². The van der Waals surface area contributed by atoms with Gasteiger partial charge in [-0.05, 0) is 18.6 Å². The summed E-state index contributed by atoms with van der Waals surface area (Å²) >= 11 is 1.49. The topological polar surface area (TPSA) is 72.3 Å². The summed E-state index contributed by atoms with van der Waals surface area (Å²) in [5, 5.41) is 11.7. The first kappa shape index (κ1) is 12.3. The number of carboxylic acids is 1. The molecular weight excluding hydrogens is 264 g/mol. The number of carbonyl (C=O) groups is 1. The molecule has 0 spiro atoms. The molecule has 3 rings (SSSR count). The molecule has 1 N–H and O–H groups in total. The second-order valence-corrected chi connectivity index (χ2v) is 5.23. The lowest BCUT2D eigenvalue weighted by Crippen LogP contribution is -1.99. The number of carboxylic acid groups (broad SMARTS) is 1. The second kappa shape index (κ2) is 5.07. The summed E-state index contributed by atoms with van der Waals surface area (Å²) in [7, 11) is 0. The number of thiazole rings is 1. The number of rotatable bonds is 3. The maximum atomic E-state index is 10.9. The van der Waals surface area contributed by atoms with Gasteiger partial charge in [-0.1, -0.05) is 0 Å². The van der Waals surface area contributed by atoms with E-state index in [9.17, 15) is 4.79 Å². The Morgan fingerprint density at radius 2 is 2.42 bits per heavy atom. The number of ether oxygens (including phenoxy) is 1. The molecule has 1 unspecified atom stereocenters. The van der Waals surface area contributed by atoms with Gasteiger partial charge in [-0.15, -0.1) is 11.3 Å². The third kappa shape index (κ3) is 2.50. The van der Waals surface area contributed by atoms with Crippen molar-refractivity contribution in [3.8, 4) is 10.7 Å². The Bertz CT molecular complexity index is 605. The van der Waals surface area contributed by atoms with Gasteiger partial charge >= 0.3 is 5.97 Å². The number of hydrogen-bond donors (Lipinski definition) is 1. The van der Waals surface area contributed by atoms with Crippen LogP contribution in [0.2, 0.25) is 0 Å². The molecule has 1 atom stereocenters. The molecule has 2 aromatic rings. The Labute approximate surface area is 113 Å². The average molecular weight is 276 g/mol. The fourth-order valence-corrected chi connectivity index (χ4v) is 2.91. The molecule has 5 nitrogen and oxygen atoms in total. The first-order chi connectivity index (χ1) is 9.24. The van der Waals surface area contributed by atoms with Crippen LogP contribution in [0.4, 0.5) is 0 Å². The van der Waals surface area contributed by atoms with Crippen LogP contribution in [0.1, 0.15) is 28.4 Å². The molecule has 0 saturated carbocycles. The molecule has 0 amide bonds. The van der Waals surface area contributed by atoms with E-state index in [0.29, 0.717) is 18.2 Å². The quantitative estimate of drug-likeness (QED) is 0.932. The molecule has 0 aromatic carbocycles. The molecule has 1 aliphatic rings. The van der Waals surface area contributed by atoms with Crippen LogP contribution in [0.5, 0.6) is 0 Å². The standard InChI is InChI=1S/C13H12N2O3S/c16-13(17)8-1-3-14-10(5-8)12-15-11(7-19-12)9-2-4-18-6-9/h1,3,5,7,9H,2,4,6H2,(H,16,17). The Morgan fingerprint density at radius 1 is 1.53 bits per heavy atom. The van der Waals surface area contributed by atoms with E-state index in [1.807, 2.05) is 5.38 Å². The maximum absolute atomic E-state index is 10.9. The minimum atomic E-state index is -0.954. The van der Waals surface area contributed by atoms with E-state index in [0.717, 1.165) is 23.7 Å². The number of nitrogens with zero attached hydrogens (tertiary/aromatic N) is 2. The van der Waals surface area contributed by atoms with Gasteiger partial charge in [-0.25, -0.2) is 9.78 Å². The Kier molecular flexibility index (Phi) is 3.27. The van der Waals surface area contributed by atoms with Crippen LogP contribution in [0.15, 0.2) is 23.7 Å². The SMILES string of the molecule is O=C(O)c1ccnc(-c2nc(C3CCOC3)cs2)c1. The molecule has 1 fully saturated rings. The van der Waals surface area contributed by atoms with Crippen LogP contribution in [0.3, 0.4) is 0 Å². The molecular formula is C13H12N2O3S. The zero-order valence-electron chi connectivity index (χ0n) is 10.1. The van der Waals surface area contributed by atoms with Gasteiger partial charge in [0.2, 0.25) is 0 Å². The van der Waals surface area contributed by atoms with Crippen molar-refractivity contribution >= 4 is 17.3 Å². The predicted octanol–water partition coefficient (Wildman–Crippen LogP) is 2.41. The molecule has 98 valence electrons. The number of pyridine rings is 1. The van der Waals surface area contributed by atoms with Gasteiger partial charge in [-0.3, -0.25) is 4.98 Å². The summed E-state index contributed by atoms with van der Waals surface area (Å²) in [6, 6.07) is 3.03. The molecule has 1 aliphatic heterocycles. The van der Waals surface area contributed by atoms with Gasteiger partial charge in [0.05, 0.1) is 23.6 Å². The molecule has 0 radical (unpaired) electrons. The van der Waals surface area contributed by atoms with Gasteiger partial charge in [0.15, 0.2) is 0 Å². The average Bonchev–Trinajstić information content (AvgIpc) is 3.09. The minimum Gasteiger partial charge on any atom is -0.478 e. The largest absolute Gasteiger partial charge is 0.478 e. The lowest BCUT2D eigenvalue weighted by Gasteiger charge is -2.01. The van der Waals surface area contributed by atoms with Gasteiger partial charge in [0.1, 0.15) is 5.01 Å².